The normalized spacial score (nSPS) is 18.8. The van der Waals surface area contributed by atoms with E-state index in [1.807, 2.05) is 32.0 Å². The molecular formula is C28H26N2O6. The lowest BCUT2D eigenvalue weighted by molar-refractivity contribution is -0.130. The second-order valence-corrected chi connectivity index (χ2v) is 8.85. The lowest BCUT2D eigenvalue weighted by atomic mass is 9.85. The number of carbonyl (C=O) groups is 3. The van der Waals surface area contributed by atoms with Crippen LogP contribution in [0.2, 0.25) is 0 Å². The fraction of sp³-hybridized carbons (Fsp3) is 0.250. The molecule has 0 aromatic heterocycles. The Hall–Kier alpha value is -4.33. The molecule has 0 bridgehead atoms. The van der Waals surface area contributed by atoms with E-state index in [4.69, 9.17) is 14.2 Å². The van der Waals surface area contributed by atoms with Crippen LogP contribution in [0.15, 0.2) is 54.6 Å². The van der Waals surface area contributed by atoms with Gasteiger partial charge in [0.1, 0.15) is 6.04 Å². The standard InChI is InChI=1S/C28H26N2O6/c1-15-10-11-18(12-16(15)2)29-23(17-13-21(34-3)25(36-5)22(14-17)35-4)24(28(29)33)30-26(31)19-8-6-7-9-20(19)27(30)32/h6-14,23-24H,1-5H3/t23-,24-/m0/s1. The number of benzene rings is 3. The number of hydrogen-bond donors (Lipinski definition) is 0. The van der Waals surface area contributed by atoms with Crippen molar-refractivity contribution >= 4 is 23.4 Å². The number of fused-ring (bicyclic) bond motifs is 1. The minimum Gasteiger partial charge on any atom is -0.493 e. The molecule has 0 unspecified atom stereocenters. The molecule has 1 saturated heterocycles. The van der Waals surface area contributed by atoms with Gasteiger partial charge in [0.25, 0.3) is 17.7 Å². The highest BCUT2D eigenvalue weighted by molar-refractivity contribution is 6.24. The van der Waals surface area contributed by atoms with Gasteiger partial charge in [-0.1, -0.05) is 18.2 Å². The topological polar surface area (TPSA) is 85.4 Å². The highest BCUT2D eigenvalue weighted by atomic mass is 16.5. The molecule has 0 saturated carbocycles. The number of β-lactam (4-membered cyclic amide) rings is 1. The number of hydrogen-bond acceptors (Lipinski definition) is 6. The van der Waals surface area contributed by atoms with Crippen LogP contribution >= 0.6 is 0 Å². The predicted octanol–water partition coefficient (Wildman–Crippen LogP) is 4.08. The van der Waals surface area contributed by atoms with E-state index in [0.29, 0.717) is 39.6 Å². The van der Waals surface area contributed by atoms with Crippen LogP contribution in [0.5, 0.6) is 17.2 Å². The SMILES string of the molecule is COc1cc([C@H]2[C@H](N3C(=O)c4ccccc4C3=O)C(=O)N2c2ccc(C)c(C)c2)cc(OC)c1OC. The Balaban J connectivity index is 1.66. The van der Waals surface area contributed by atoms with Gasteiger partial charge in [-0.15, -0.1) is 0 Å². The fourth-order valence-corrected chi connectivity index (χ4v) is 4.95. The van der Waals surface area contributed by atoms with E-state index >= 15 is 0 Å². The van der Waals surface area contributed by atoms with E-state index in [0.717, 1.165) is 16.0 Å². The molecule has 0 N–H and O–H groups in total. The zero-order chi connectivity index (χ0) is 25.7. The van der Waals surface area contributed by atoms with E-state index in [2.05, 4.69) is 0 Å². The third-order valence-corrected chi connectivity index (χ3v) is 6.97. The number of amides is 3. The molecule has 2 aliphatic rings. The van der Waals surface area contributed by atoms with Crippen molar-refractivity contribution in [3.8, 4) is 17.2 Å². The highest BCUT2D eigenvalue weighted by Crippen LogP contribution is 2.48. The van der Waals surface area contributed by atoms with Crippen molar-refractivity contribution in [2.75, 3.05) is 26.2 Å². The summed E-state index contributed by atoms with van der Waals surface area (Å²) in [6.07, 6.45) is 0. The van der Waals surface area contributed by atoms with Gasteiger partial charge in [0, 0.05) is 5.69 Å². The first-order chi connectivity index (χ1) is 17.3. The van der Waals surface area contributed by atoms with E-state index in [-0.39, 0.29) is 5.91 Å². The predicted molar refractivity (Wildman–Crippen MR) is 133 cm³/mol. The summed E-state index contributed by atoms with van der Waals surface area (Å²) in [4.78, 5) is 43.0. The van der Waals surface area contributed by atoms with Gasteiger partial charge >= 0.3 is 0 Å². The number of carbonyl (C=O) groups excluding carboxylic acids is 3. The van der Waals surface area contributed by atoms with Crippen LogP contribution in [-0.2, 0) is 4.79 Å². The van der Waals surface area contributed by atoms with Crippen molar-refractivity contribution in [1.29, 1.82) is 0 Å². The zero-order valence-electron chi connectivity index (χ0n) is 20.7. The van der Waals surface area contributed by atoms with Crippen molar-refractivity contribution in [3.05, 3.63) is 82.4 Å². The van der Waals surface area contributed by atoms with Crippen molar-refractivity contribution in [3.63, 3.8) is 0 Å². The van der Waals surface area contributed by atoms with E-state index < -0.39 is 23.9 Å². The summed E-state index contributed by atoms with van der Waals surface area (Å²) in [5.41, 5.74) is 4.02. The third-order valence-electron chi connectivity index (χ3n) is 6.97. The Morgan fingerprint density at radius 2 is 1.25 bits per heavy atom. The summed E-state index contributed by atoms with van der Waals surface area (Å²) in [7, 11) is 4.53. The van der Waals surface area contributed by atoms with Crippen LogP contribution in [0.3, 0.4) is 0 Å². The molecule has 0 spiro atoms. The van der Waals surface area contributed by atoms with Crippen molar-refractivity contribution in [2.45, 2.75) is 25.9 Å². The number of imide groups is 1. The van der Waals surface area contributed by atoms with Gasteiger partial charge in [0.15, 0.2) is 11.5 Å². The van der Waals surface area contributed by atoms with Gasteiger partial charge in [-0.25, -0.2) is 0 Å². The van der Waals surface area contributed by atoms with Crippen LogP contribution in [-0.4, -0.2) is 50.0 Å². The monoisotopic (exact) mass is 486 g/mol. The van der Waals surface area contributed by atoms with Gasteiger partial charge in [0.05, 0.1) is 38.5 Å². The lowest BCUT2D eigenvalue weighted by Gasteiger charge is -2.50. The molecule has 184 valence electrons. The molecule has 5 rings (SSSR count). The zero-order valence-corrected chi connectivity index (χ0v) is 20.7. The Bertz CT molecular complexity index is 1350. The number of ether oxygens (including phenoxy) is 3. The quantitative estimate of drug-likeness (QED) is 0.386. The Kier molecular flexibility index (Phi) is 5.67. The minimum atomic E-state index is -1.03. The first kappa shape index (κ1) is 23.4. The maximum atomic E-state index is 13.7. The van der Waals surface area contributed by atoms with Crippen LogP contribution in [0, 0.1) is 13.8 Å². The minimum absolute atomic E-state index is 0.295. The summed E-state index contributed by atoms with van der Waals surface area (Å²) in [6.45, 7) is 3.97. The van der Waals surface area contributed by atoms with Crippen LogP contribution in [0.25, 0.3) is 0 Å². The molecule has 3 amide bonds. The number of aryl methyl sites for hydroxylation is 2. The molecule has 8 heteroatoms. The summed E-state index contributed by atoms with van der Waals surface area (Å²) in [5, 5.41) is 0. The van der Waals surface area contributed by atoms with Crippen molar-refractivity contribution in [2.24, 2.45) is 0 Å². The molecule has 3 aromatic rings. The summed E-state index contributed by atoms with van der Waals surface area (Å²) >= 11 is 0. The average Bonchev–Trinajstić information content (AvgIpc) is 3.13. The van der Waals surface area contributed by atoms with Gasteiger partial charge in [0.2, 0.25) is 5.75 Å². The van der Waals surface area contributed by atoms with Crippen LogP contribution in [0.1, 0.15) is 43.4 Å². The number of nitrogens with zero attached hydrogens (tertiary/aromatic N) is 2. The van der Waals surface area contributed by atoms with Crippen LogP contribution in [0.4, 0.5) is 5.69 Å². The van der Waals surface area contributed by atoms with E-state index in [1.54, 1.807) is 41.3 Å². The van der Waals surface area contributed by atoms with Gasteiger partial charge in [-0.05, 0) is 66.9 Å². The van der Waals surface area contributed by atoms with E-state index in [9.17, 15) is 14.4 Å². The second kappa shape index (κ2) is 8.71. The molecule has 0 aliphatic carbocycles. The summed E-state index contributed by atoms with van der Waals surface area (Å²) in [5.74, 6) is -0.0760. The Morgan fingerprint density at radius 1 is 0.667 bits per heavy atom. The number of rotatable bonds is 6. The first-order valence-corrected chi connectivity index (χ1v) is 11.5. The smallest absolute Gasteiger partial charge is 0.262 e. The largest absolute Gasteiger partial charge is 0.493 e. The maximum absolute atomic E-state index is 13.7. The molecule has 3 aromatic carbocycles. The van der Waals surface area contributed by atoms with Crippen molar-refractivity contribution in [1.82, 2.24) is 4.90 Å². The van der Waals surface area contributed by atoms with Gasteiger partial charge in [-0.2, -0.15) is 0 Å². The third kappa shape index (κ3) is 3.32. The summed E-state index contributed by atoms with van der Waals surface area (Å²) < 4.78 is 16.5. The maximum Gasteiger partial charge on any atom is 0.262 e. The molecule has 8 nitrogen and oxygen atoms in total. The number of anilines is 1. The molecule has 0 radical (unpaired) electrons. The summed E-state index contributed by atoms with van der Waals surface area (Å²) in [6, 6.07) is 14.2. The van der Waals surface area contributed by atoms with Gasteiger partial charge in [-0.3, -0.25) is 19.3 Å². The Morgan fingerprint density at radius 3 is 1.75 bits per heavy atom. The van der Waals surface area contributed by atoms with E-state index in [1.165, 1.54) is 21.3 Å². The fourth-order valence-electron chi connectivity index (χ4n) is 4.95. The number of methoxy groups -OCH3 is 3. The molecule has 1 fully saturated rings. The van der Waals surface area contributed by atoms with Gasteiger partial charge < -0.3 is 19.1 Å². The Labute approximate surface area is 209 Å². The first-order valence-electron chi connectivity index (χ1n) is 11.5. The molecule has 2 heterocycles. The average molecular weight is 487 g/mol. The second-order valence-electron chi connectivity index (χ2n) is 8.85. The molecular weight excluding hydrogens is 460 g/mol. The van der Waals surface area contributed by atoms with Crippen LogP contribution < -0.4 is 19.1 Å². The highest BCUT2D eigenvalue weighted by Gasteiger charge is 2.57. The van der Waals surface area contributed by atoms with Crippen molar-refractivity contribution < 1.29 is 28.6 Å². The molecule has 36 heavy (non-hydrogen) atoms. The lowest BCUT2D eigenvalue weighted by Crippen LogP contribution is -2.67. The molecule has 2 atom stereocenters. The molecule has 2 aliphatic heterocycles.